The second-order valence-electron chi connectivity index (χ2n) is 4.93. The molecule has 0 aliphatic carbocycles. The van der Waals surface area contributed by atoms with E-state index in [0.717, 1.165) is 30.7 Å². The van der Waals surface area contributed by atoms with Crippen LogP contribution in [0.4, 0.5) is 5.95 Å². The highest BCUT2D eigenvalue weighted by molar-refractivity contribution is 5.76. The topological polar surface area (TPSA) is 64.5 Å². The number of nitrogens with zero attached hydrogens (tertiary/aromatic N) is 3. The van der Waals surface area contributed by atoms with Crippen LogP contribution in [0.1, 0.15) is 10.5 Å². The highest BCUT2D eigenvalue weighted by Crippen LogP contribution is 2.24. The quantitative estimate of drug-likeness (QED) is 0.802. The monoisotopic (exact) mass is 299 g/mol. The largest absolute Gasteiger partial charge is 0.497 e. The van der Waals surface area contributed by atoms with Gasteiger partial charge in [0.2, 0.25) is 5.95 Å². The Kier molecular flexibility index (Phi) is 4.29. The number of benzene rings is 1. The van der Waals surface area contributed by atoms with Crippen molar-refractivity contribution in [1.82, 2.24) is 9.97 Å². The van der Waals surface area contributed by atoms with Gasteiger partial charge in [-0.2, -0.15) is 0 Å². The van der Waals surface area contributed by atoms with Crippen molar-refractivity contribution in [3.63, 3.8) is 0 Å². The minimum absolute atomic E-state index is 0.370. The number of aldehydes is 1. The van der Waals surface area contributed by atoms with Gasteiger partial charge in [0.25, 0.3) is 0 Å². The fourth-order valence-electron chi connectivity index (χ4n) is 2.35. The summed E-state index contributed by atoms with van der Waals surface area (Å²) in [6.45, 7) is 2.73. The number of aromatic nitrogens is 2. The Labute approximate surface area is 128 Å². The zero-order chi connectivity index (χ0) is 15.4. The lowest BCUT2D eigenvalue weighted by molar-refractivity contribution is 0.111. The molecular weight excluding hydrogens is 282 g/mol. The Hall–Kier alpha value is -2.47. The number of morpholine rings is 1. The lowest BCUT2D eigenvalue weighted by Gasteiger charge is -2.27. The summed E-state index contributed by atoms with van der Waals surface area (Å²) < 4.78 is 10.6. The van der Waals surface area contributed by atoms with E-state index in [1.54, 1.807) is 13.2 Å². The normalized spacial score (nSPS) is 14.7. The molecule has 0 spiro atoms. The Morgan fingerprint density at radius 2 is 2.05 bits per heavy atom. The molecule has 22 heavy (non-hydrogen) atoms. The van der Waals surface area contributed by atoms with Gasteiger partial charge in [0.15, 0.2) is 6.29 Å². The maximum absolute atomic E-state index is 11.2. The molecule has 0 bridgehead atoms. The molecule has 1 aliphatic rings. The Morgan fingerprint density at radius 3 is 2.77 bits per heavy atom. The van der Waals surface area contributed by atoms with Gasteiger partial charge in [-0.15, -0.1) is 0 Å². The van der Waals surface area contributed by atoms with Gasteiger partial charge in [-0.3, -0.25) is 4.79 Å². The first-order valence-electron chi connectivity index (χ1n) is 7.11. The molecule has 2 heterocycles. The molecule has 3 rings (SSSR count). The van der Waals surface area contributed by atoms with Gasteiger partial charge >= 0.3 is 0 Å². The summed E-state index contributed by atoms with van der Waals surface area (Å²) in [5, 5.41) is 0. The van der Waals surface area contributed by atoms with Crippen LogP contribution in [0, 0.1) is 0 Å². The van der Waals surface area contributed by atoms with Crippen molar-refractivity contribution in [1.29, 1.82) is 0 Å². The van der Waals surface area contributed by atoms with Crippen LogP contribution < -0.4 is 9.64 Å². The second-order valence-corrected chi connectivity index (χ2v) is 4.93. The lowest BCUT2D eigenvalue weighted by Crippen LogP contribution is -2.37. The molecule has 1 aromatic carbocycles. The maximum Gasteiger partial charge on any atom is 0.226 e. The van der Waals surface area contributed by atoms with E-state index < -0.39 is 0 Å². The summed E-state index contributed by atoms with van der Waals surface area (Å²) in [4.78, 5) is 22.1. The average molecular weight is 299 g/mol. The number of carbonyl (C=O) groups is 1. The Morgan fingerprint density at radius 1 is 1.23 bits per heavy atom. The van der Waals surface area contributed by atoms with Crippen LogP contribution in [0.15, 0.2) is 30.3 Å². The van der Waals surface area contributed by atoms with Crippen molar-refractivity contribution in [2.24, 2.45) is 0 Å². The summed E-state index contributed by atoms with van der Waals surface area (Å²) in [7, 11) is 1.62. The Balaban J connectivity index is 2.01. The molecule has 1 aliphatic heterocycles. The van der Waals surface area contributed by atoms with Crippen molar-refractivity contribution in [3.8, 4) is 17.0 Å². The average Bonchev–Trinajstić information content (AvgIpc) is 2.62. The van der Waals surface area contributed by atoms with Gasteiger partial charge in [-0.1, -0.05) is 12.1 Å². The predicted molar refractivity (Wildman–Crippen MR) is 82.4 cm³/mol. The van der Waals surface area contributed by atoms with Crippen LogP contribution in [-0.4, -0.2) is 49.7 Å². The van der Waals surface area contributed by atoms with E-state index >= 15 is 0 Å². The molecular formula is C16H17N3O3. The number of hydrogen-bond donors (Lipinski definition) is 0. The van der Waals surface area contributed by atoms with Crippen LogP contribution in [0.5, 0.6) is 5.75 Å². The first-order chi connectivity index (χ1) is 10.8. The van der Waals surface area contributed by atoms with Crippen molar-refractivity contribution < 1.29 is 14.3 Å². The molecule has 0 amide bonds. The van der Waals surface area contributed by atoms with E-state index in [1.807, 2.05) is 29.2 Å². The first-order valence-corrected chi connectivity index (χ1v) is 7.11. The zero-order valence-corrected chi connectivity index (χ0v) is 12.4. The number of methoxy groups -OCH3 is 1. The molecule has 0 N–H and O–H groups in total. The zero-order valence-electron chi connectivity index (χ0n) is 12.4. The molecule has 6 heteroatoms. The first kappa shape index (κ1) is 14.5. The van der Waals surface area contributed by atoms with E-state index in [1.165, 1.54) is 0 Å². The standard InChI is InChI=1S/C16H17N3O3/c1-21-14-4-2-3-12(9-14)15-10-13(11-20)17-16(18-15)19-5-7-22-8-6-19/h2-4,9-11H,5-8H2,1H3. The molecule has 1 fully saturated rings. The predicted octanol–water partition coefficient (Wildman–Crippen LogP) is 1.80. The van der Waals surface area contributed by atoms with Gasteiger partial charge in [-0.25, -0.2) is 9.97 Å². The van der Waals surface area contributed by atoms with Crippen molar-refractivity contribution >= 4 is 12.2 Å². The molecule has 0 unspecified atom stereocenters. The van der Waals surface area contributed by atoms with Gasteiger partial charge in [0, 0.05) is 18.7 Å². The molecule has 6 nitrogen and oxygen atoms in total. The maximum atomic E-state index is 11.2. The minimum Gasteiger partial charge on any atom is -0.497 e. The highest BCUT2D eigenvalue weighted by atomic mass is 16.5. The SMILES string of the molecule is COc1cccc(-c2cc(C=O)nc(N3CCOCC3)n2)c1. The molecule has 0 atom stereocenters. The number of rotatable bonds is 4. The highest BCUT2D eigenvalue weighted by Gasteiger charge is 2.16. The molecule has 0 saturated carbocycles. The third-order valence-corrected chi connectivity index (χ3v) is 3.51. The third-order valence-electron chi connectivity index (χ3n) is 3.51. The number of hydrogen-bond acceptors (Lipinski definition) is 6. The van der Waals surface area contributed by atoms with Crippen molar-refractivity contribution in [2.45, 2.75) is 0 Å². The molecule has 1 aromatic heterocycles. The lowest BCUT2D eigenvalue weighted by atomic mass is 10.1. The Bertz CT molecular complexity index is 669. The van der Waals surface area contributed by atoms with Crippen LogP contribution in [-0.2, 0) is 4.74 Å². The fourth-order valence-corrected chi connectivity index (χ4v) is 2.35. The fraction of sp³-hybridized carbons (Fsp3) is 0.312. The van der Waals surface area contributed by atoms with E-state index in [0.29, 0.717) is 30.5 Å². The van der Waals surface area contributed by atoms with E-state index in [9.17, 15) is 4.79 Å². The van der Waals surface area contributed by atoms with Crippen LogP contribution >= 0.6 is 0 Å². The van der Waals surface area contributed by atoms with Crippen LogP contribution in [0.2, 0.25) is 0 Å². The minimum atomic E-state index is 0.370. The van der Waals surface area contributed by atoms with Crippen LogP contribution in [0.3, 0.4) is 0 Å². The second kappa shape index (κ2) is 6.53. The summed E-state index contributed by atoms with van der Waals surface area (Å²) in [6, 6.07) is 9.27. The van der Waals surface area contributed by atoms with E-state index in [2.05, 4.69) is 9.97 Å². The molecule has 0 radical (unpaired) electrons. The van der Waals surface area contributed by atoms with E-state index in [4.69, 9.17) is 9.47 Å². The van der Waals surface area contributed by atoms with E-state index in [-0.39, 0.29) is 0 Å². The van der Waals surface area contributed by atoms with Crippen molar-refractivity contribution in [3.05, 3.63) is 36.0 Å². The van der Waals surface area contributed by atoms with Crippen LogP contribution in [0.25, 0.3) is 11.3 Å². The van der Waals surface area contributed by atoms with Gasteiger partial charge in [0.1, 0.15) is 11.4 Å². The van der Waals surface area contributed by atoms with Gasteiger partial charge in [0.05, 0.1) is 26.0 Å². The third kappa shape index (κ3) is 3.07. The number of ether oxygens (including phenoxy) is 2. The summed E-state index contributed by atoms with van der Waals surface area (Å²) in [6.07, 6.45) is 0.745. The molecule has 1 saturated heterocycles. The smallest absolute Gasteiger partial charge is 0.226 e. The molecule has 114 valence electrons. The summed E-state index contributed by atoms with van der Waals surface area (Å²) in [5.74, 6) is 1.31. The van der Waals surface area contributed by atoms with Gasteiger partial charge in [-0.05, 0) is 18.2 Å². The summed E-state index contributed by atoms with van der Waals surface area (Å²) >= 11 is 0. The summed E-state index contributed by atoms with van der Waals surface area (Å²) in [5.41, 5.74) is 1.96. The number of carbonyl (C=O) groups excluding carboxylic acids is 1. The molecule has 2 aromatic rings. The van der Waals surface area contributed by atoms with Crippen molar-refractivity contribution in [2.75, 3.05) is 38.3 Å². The number of anilines is 1. The van der Waals surface area contributed by atoms with Gasteiger partial charge < -0.3 is 14.4 Å².